The number of piperazine rings is 1. The molecule has 0 spiro atoms. The molecule has 2 heteroatoms. The first kappa shape index (κ1) is 15.6. The van der Waals surface area contributed by atoms with Crippen molar-refractivity contribution in [2.75, 3.05) is 13.1 Å². The number of hydrogen-bond donors (Lipinski definition) is 2. The number of fused-ring (bicyclic) bond motifs is 2. The first-order valence-corrected chi connectivity index (χ1v) is 9.32. The molecule has 0 amide bonds. The number of benzene rings is 4. The fourth-order valence-electron chi connectivity index (χ4n) is 4.21. The molecule has 1 fully saturated rings. The molecule has 26 heavy (non-hydrogen) atoms. The topological polar surface area (TPSA) is 24.1 Å². The first-order valence-electron chi connectivity index (χ1n) is 9.32. The maximum atomic E-state index is 3.78. The minimum Gasteiger partial charge on any atom is -0.307 e. The number of rotatable bonds is 2. The summed E-state index contributed by atoms with van der Waals surface area (Å²) in [5, 5.41) is 12.9. The zero-order valence-electron chi connectivity index (χ0n) is 14.7. The molecule has 1 aliphatic heterocycles. The van der Waals surface area contributed by atoms with E-state index in [4.69, 9.17) is 0 Å². The van der Waals surface area contributed by atoms with Gasteiger partial charge in [0.2, 0.25) is 0 Å². The van der Waals surface area contributed by atoms with Crippen LogP contribution in [0, 0.1) is 0 Å². The van der Waals surface area contributed by atoms with Crippen molar-refractivity contribution >= 4 is 21.5 Å². The highest BCUT2D eigenvalue weighted by molar-refractivity contribution is 5.87. The summed E-state index contributed by atoms with van der Waals surface area (Å²) in [4.78, 5) is 0. The van der Waals surface area contributed by atoms with Gasteiger partial charge in [0.1, 0.15) is 0 Å². The van der Waals surface area contributed by atoms with Crippen molar-refractivity contribution in [3.05, 3.63) is 96.1 Å². The Morgan fingerprint density at radius 3 is 1.38 bits per heavy atom. The molecule has 0 radical (unpaired) electrons. The van der Waals surface area contributed by atoms with E-state index in [-0.39, 0.29) is 0 Å². The van der Waals surface area contributed by atoms with Gasteiger partial charge in [-0.2, -0.15) is 0 Å². The van der Waals surface area contributed by atoms with Gasteiger partial charge in [0.05, 0.1) is 0 Å². The van der Waals surface area contributed by atoms with Gasteiger partial charge < -0.3 is 10.6 Å². The third kappa shape index (κ3) is 2.68. The summed E-state index contributed by atoms with van der Waals surface area (Å²) < 4.78 is 0. The number of hydrogen-bond acceptors (Lipinski definition) is 2. The van der Waals surface area contributed by atoms with E-state index < -0.39 is 0 Å². The van der Waals surface area contributed by atoms with Crippen LogP contribution in [-0.4, -0.2) is 13.1 Å². The Balaban J connectivity index is 1.42. The zero-order chi connectivity index (χ0) is 17.3. The minimum absolute atomic E-state index is 0.340. The summed E-state index contributed by atoms with van der Waals surface area (Å²) >= 11 is 0. The lowest BCUT2D eigenvalue weighted by molar-refractivity contribution is 0.359. The van der Waals surface area contributed by atoms with Crippen LogP contribution in [0.2, 0.25) is 0 Å². The highest BCUT2D eigenvalue weighted by atomic mass is 15.1. The van der Waals surface area contributed by atoms with Crippen molar-refractivity contribution in [2.45, 2.75) is 12.1 Å². The molecule has 2 nitrogen and oxygen atoms in total. The summed E-state index contributed by atoms with van der Waals surface area (Å²) in [5.74, 6) is 0. The molecule has 4 aromatic carbocycles. The molecule has 2 unspecified atom stereocenters. The lowest BCUT2D eigenvalue weighted by Crippen LogP contribution is -2.45. The molecule has 2 N–H and O–H groups in total. The van der Waals surface area contributed by atoms with Crippen molar-refractivity contribution in [2.24, 2.45) is 0 Å². The lowest BCUT2D eigenvalue weighted by Gasteiger charge is -2.33. The van der Waals surface area contributed by atoms with Gasteiger partial charge in [0, 0.05) is 25.2 Å². The highest BCUT2D eigenvalue weighted by Crippen LogP contribution is 2.29. The standard InChI is InChI=1S/C24H22N2/c1-3-11-19-17(7-1)9-5-13-21(19)23-15-26-24(16-25-23)22-14-6-10-18-8-2-4-12-20(18)22/h1-14,23-26H,15-16H2. The molecule has 1 aliphatic rings. The van der Waals surface area contributed by atoms with Crippen LogP contribution in [0.4, 0.5) is 0 Å². The van der Waals surface area contributed by atoms with Gasteiger partial charge in [-0.25, -0.2) is 0 Å². The van der Waals surface area contributed by atoms with E-state index in [1.54, 1.807) is 0 Å². The molecule has 128 valence electrons. The van der Waals surface area contributed by atoms with E-state index in [0.717, 1.165) is 13.1 Å². The van der Waals surface area contributed by atoms with Crippen LogP contribution in [-0.2, 0) is 0 Å². The predicted octanol–water partition coefficient (Wildman–Crippen LogP) is 4.97. The lowest BCUT2D eigenvalue weighted by atomic mass is 9.93. The van der Waals surface area contributed by atoms with Crippen molar-refractivity contribution < 1.29 is 0 Å². The maximum absolute atomic E-state index is 3.78. The fraction of sp³-hybridized carbons (Fsp3) is 0.167. The largest absolute Gasteiger partial charge is 0.307 e. The van der Waals surface area contributed by atoms with Crippen molar-refractivity contribution in [3.63, 3.8) is 0 Å². The Labute approximate surface area is 153 Å². The van der Waals surface area contributed by atoms with Gasteiger partial charge in [0.15, 0.2) is 0 Å². The molecule has 0 aliphatic carbocycles. The average molecular weight is 338 g/mol. The molecular weight excluding hydrogens is 316 g/mol. The summed E-state index contributed by atoms with van der Waals surface area (Å²) in [6, 6.07) is 31.2. The van der Waals surface area contributed by atoms with Crippen LogP contribution >= 0.6 is 0 Å². The van der Waals surface area contributed by atoms with E-state index in [0.29, 0.717) is 12.1 Å². The van der Waals surface area contributed by atoms with Gasteiger partial charge in [-0.1, -0.05) is 84.9 Å². The Kier molecular flexibility index (Phi) is 3.93. The second-order valence-electron chi connectivity index (χ2n) is 7.06. The van der Waals surface area contributed by atoms with Crippen LogP contribution in [0.1, 0.15) is 23.2 Å². The third-order valence-electron chi connectivity index (χ3n) is 5.53. The summed E-state index contributed by atoms with van der Waals surface area (Å²) in [7, 11) is 0. The molecule has 0 aromatic heterocycles. The third-order valence-corrected chi connectivity index (χ3v) is 5.53. The van der Waals surface area contributed by atoms with Crippen molar-refractivity contribution in [1.82, 2.24) is 10.6 Å². The Morgan fingerprint density at radius 2 is 0.923 bits per heavy atom. The van der Waals surface area contributed by atoms with E-state index in [1.165, 1.54) is 32.7 Å². The van der Waals surface area contributed by atoms with E-state index in [1.807, 2.05) is 0 Å². The summed E-state index contributed by atoms with van der Waals surface area (Å²) in [6.07, 6.45) is 0. The zero-order valence-corrected chi connectivity index (χ0v) is 14.7. The Hall–Kier alpha value is -2.68. The first-order chi connectivity index (χ1) is 12.9. The molecular formula is C24H22N2. The van der Waals surface area contributed by atoms with Gasteiger partial charge in [0.25, 0.3) is 0 Å². The van der Waals surface area contributed by atoms with E-state index >= 15 is 0 Å². The Bertz CT molecular complexity index is 964. The monoisotopic (exact) mass is 338 g/mol. The van der Waals surface area contributed by atoms with Crippen molar-refractivity contribution in [1.29, 1.82) is 0 Å². The second kappa shape index (κ2) is 6.56. The van der Waals surface area contributed by atoms with Crippen LogP contribution in [0.15, 0.2) is 84.9 Å². The summed E-state index contributed by atoms with van der Waals surface area (Å²) in [5.41, 5.74) is 2.76. The molecule has 5 rings (SSSR count). The Morgan fingerprint density at radius 1 is 0.500 bits per heavy atom. The molecule has 1 saturated heterocycles. The van der Waals surface area contributed by atoms with Crippen LogP contribution in [0.5, 0.6) is 0 Å². The second-order valence-corrected chi connectivity index (χ2v) is 7.06. The molecule has 1 heterocycles. The van der Waals surface area contributed by atoms with Crippen molar-refractivity contribution in [3.8, 4) is 0 Å². The molecule has 4 aromatic rings. The molecule has 2 atom stereocenters. The minimum atomic E-state index is 0.340. The highest BCUT2D eigenvalue weighted by Gasteiger charge is 2.24. The van der Waals surface area contributed by atoms with Crippen LogP contribution < -0.4 is 10.6 Å². The normalized spacial score (nSPS) is 20.5. The van der Waals surface area contributed by atoms with Crippen LogP contribution in [0.3, 0.4) is 0 Å². The smallest absolute Gasteiger partial charge is 0.0453 e. The maximum Gasteiger partial charge on any atom is 0.0453 e. The van der Waals surface area contributed by atoms with Crippen LogP contribution in [0.25, 0.3) is 21.5 Å². The number of nitrogens with one attached hydrogen (secondary N) is 2. The van der Waals surface area contributed by atoms with Gasteiger partial charge in [-0.15, -0.1) is 0 Å². The van der Waals surface area contributed by atoms with Gasteiger partial charge in [-0.3, -0.25) is 0 Å². The average Bonchev–Trinajstić information content (AvgIpc) is 2.73. The van der Waals surface area contributed by atoms with E-state index in [2.05, 4.69) is 95.6 Å². The molecule has 0 bridgehead atoms. The molecule has 0 saturated carbocycles. The van der Waals surface area contributed by atoms with Gasteiger partial charge in [-0.05, 0) is 32.7 Å². The quantitative estimate of drug-likeness (QED) is 0.539. The SMILES string of the molecule is c1ccc2c(C3CNC(c4cccc5ccccc45)CN3)cccc2c1. The fourth-order valence-corrected chi connectivity index (χ4v) is 4.21. The predicted molar refractivity (Wildman–Crippen MR) is 109 cm³/mol. The van der Waals surface area contributed by atoms with Gasteiger partial charge >= 0.3 is 0 Å². The van der Waals surface area contributed by atoms with E-state index in [9.17, 15) is 0 Å². The summed E-state index contributed by atoms with van der Waals surface area (Å²) in [6.45, 7) is 1.86.